The summed E-state index contributed by atoms with van der Waals surface area (Å²) in [5, 5.41) is 12.6. The van der Waals surface area contributed by atoms with Gasteiger partial charge in [-0.1, -0.05) is 13.0 Å². The molecule has 0 fully saturated rings. The molecule has 15 heavy (non-hydrogen) atoms. The maximum absolute atomic E-state index is 9.48. The molecule has 3 nitrogen and oxygen atoms in total. The molecule has 0 aliphatic carbocycles. The lowest BCUT2D eigenvalue weighted by Crippen LogP contribution is -2.16. The maximum atomic E-state index is 9.48. The zero-order valence-electron chi connectivity index (χ0n) is 9.58. The van der Waals surface area contributed by atoms with Crippen LogP contribution < -0.4 is 10.1 Å². The number of benzene rings is 1. The van der Waals surface area contributed by atoms with Crippen LogP contribution in [0.2, 0.25) is 0 Å². The van der Waals surface area contributed by atoms with Crippen molar-refractivity contribution in [3.8, 4) is 11.5 Å². The van der Waals surface area contributed by atoms with Crippen LogP contribution in [0.5, 0.6) is 11.5 Å². The van der Waals surface area contributed by atoms with E-state index in [9.17, 15) is 5.11 Å². The quantitative estimate of drug-likeness (QED) is 0.780. The molecule has 3 heteroatoms. The predicted octanol–water partition coefficient (Wildman–Crippen LogP) is 2.11. The van der Waals surface area contributed by atoms with Gasteiger partial charge in [-0.05, 0) is 37.1 Å². The number of ether oxygens (including phenoxy) is 1. The zero-order valence-corrected chi connectivity index (χ0v) is 9.58. The second kappa shape index (κ2) is 5.61. The molecule has 0 aromatic heterocycles. The van der Waals surface area contributed by atoms with Gasteiger partial charge in [-0.3, -0.25) is 0 Å². The van der Waals surface area contributed by atoms with Crippen LogP contribution in [0.3, 0.4) is 0 Å². The number of likely N-dealkylation sites (N-methyl/N-ethyl adjacent to an activating group) is 1. The van der Waals surface area contributed by atoms with E-state index in [1.54, 1.807) is 13.2 Å². The molecule has 2 N–H and O–H groups in total. The van der Waals surface area contributed by atoms with Crippen molar-refractivity contribution in [3.05, 3.63) is 23.8 Å². The monoisotopic (exact) mass is 209 g/mol. The number of aromatic hydroxyl groups is 1. The summed E-state index contributed by atoms with van der Waals surface area (Å²) in [7, 11) is 3.51. The SMILES string of the molecule is CCC(CNC)c1ccc(O)c(OC)c1. The van der Waals surface area contributed by atoms with E-state index in [1.807, 2.05) is 19.2 Å². The van der Waals surface area contributed by atoms with Crippen LogP contribution >= 0.6 is 0 Å². The zero-order chi connectivity index (χ0) is 11.3. The van der Waals surface area contributed by atoms with Crippen LogP contribution in [0.4, 0.5) is 0 Å². The second-order valence-electron chi connectivity index (χ2n) is 3.59. The normalized spacial score (nSPS) is 12.5. The van der Waals surface area contributed by atoms with E-state index in [2.05, 4.69) is 12.2 Å². The minimum atomic E-state index is 0.195. The Hall–Kier alpha value is -1.22. The van der Waals surface area contributed by atoms with E-state index in [1.165, 1.54) is 5.56 Å². The summed E-state index contributed by atoms with van der Waals surface area (Å²) < 4.78 is 5.09. The first kappa shape index (κ1) is 11.9. The first-order chi connectivity index (χ1) is 7.22. The van der Waals surface area contributed by atoms with Crippen molar-refractivity contribution < 1.29 is 9.84 Å². The van der Waals surface area contributed by atoms with Gasteiger partial charge in [0.15, 0.2) is 11.5 Å². The van der Waals surface area contributed by atoms with Crippen LogP contribution in [0.25, 0.3) is 0 Å². The van der Waals surface area contributed by atoms with Gasteiger partial charge in [-0.15, -0.1) is 0 Å². The van der Waals surface area contributed by atoms with Gasteiger partial charge in [-0.25, -0.2) is 0 Å². The van der Waals surface area contributed by atoms with Crippen LogP contribution in [0.15, 0.2) is 18.2 Å². The smallest absolute Gasteiger partial charge is 0.160 e. The Labute approximate surface area is 91.1 Å². The first-order valence-electron chi connectivity index (χ1n) is 5.24. The lowest BCUT2D eigenvalue weighted by atomic mass is 9.96. The van der Waals surface area contributed by atoms with Crippen molar-refractivity contribution in [3.63, 3.8) is 0 Å². The van der Waals surface area contributed by atoms with Crippen molar-refractivity contribution in [2.24, 2.45) is 0 Å². The number of hydrogen-bond acceptors (Lipinski definition) is 3. The summed E-state index contributed by atoms with van der Waals surface area (Å²) in [4.78, 5) is 0. The molecule has 1 aromatic carbocycles. The molecule has 1 unspecified atom stereocenters. The fourth-order valence-corrected chi connectivity index (χ4v) is 1.69. The average molecular weight is 209 g/mol. The highest BCUT2D eigenvalue weighted by Crippen LogP contribution is 2.30. The van der Waals surface area contributed by atoms with Gasteiger partial charge < -0.3 is 15.2 Å². The fourth-order valence-electron chi connectivity index (χ4n) is 1.69. The molecule has 84 valence electrons. The minimum Gasteiger partial charge on any atom is -0.504 e. The van der Waals surface area contributed by atoms with Gasteiger partial charge in [0, 0.05) is 6.54 Å². The number of phenolic OH excluding ortho intramolecular Hbond substituents is 1. The molecule has 0 heterocycles. The highest BCUT2D eigenvalue weighted by atomic mass is 16.5. The van der Waals surface area contributed by atoms with E-state index in [-0.39, 0.29) is 5.75 Å². The van der Waals surface area contributed by atoms with E-state index in [0.29, 0.717) is 11.7 Å². The lowest BCUT2D eigenvalue weighted by molar-refractivity contribution is 0.372. The van der Waals surface area contributed by atoms with Crippen molar-refractivity contribution in [1.82, 2.24) is 5.32 Å². The lowest BCUT2D eigenvalue weighted by Gasteiger charge is -2.16. The van der Waals surface area contributed by atoms with Gasteiger partial charge in [0.2, 0.25) is 0 Å². The molecular weight excluding hydrogens is 190 g/mol. The predicted molar refractivity (Wildman–Crippen MR) is 61.6 cm³/mol. The summed E-state index contributed by atoms with van der Waals surface area (Å²) in [6, 6.07) is 5.54. The van der Waals surface area contributed by atoms with E-state index in [0.717, 1.165) is 13.0 Å². The van der Waals surface area contributed by atoms with Crippen molar-refractivity contribution in [2.45, 2.75) is 19.3 Å². The number of phenols is 1. The molecule has 0 saturated carbocycles. The Morgan fingerprint density at radius 1 is 1.47 bits per heavy atom. The van der Waals surface area contributed by atoms with Gasteiger partial charge >= 0.3 is 0 Å². The number of hydrogen-bond donors (Lipinski definition) is 2. The van der Waals surface area contributed by atoms with Gasteiger partial charge in [0.25, 0.3) is 0 Å². The van der Waals surface area contributed by atoms with Crippen LogP contribution in [-0.4, -0.2) is 25.8 Å². The number of methoxy groups -OCH3 is 1. The second-order valence-corrected chi connectivity index (χ2v) is 3.59. The third-order valence-electron chi connectivity index (χ3n) is 2.62. The number of rotatable bonds is 5. The Kier molecular flexibility index (Phi) is 4.43. The summed E-state index contributed by atoms with van der Waals surface area (Å²) in [6.45, 7) is 3.09. The molecule has 0 radical (unpaired) electrons. The largest absolute Gasteiger partial charge is 0.504 e. The maximum Gasteiger partial charge on any atom is 0.160 e. The minimum absolute atomic E-state index is 0.195. The Morgan fingerprint density at radius 3 is 2.73 bits per heavy atom. The summed E-state index contributed by atoms with van der Waals surface area (Å²) >= 11 is 0. The van der Waals surface area contributed by atoms with Gasteiger partial charge in [0.1, 0.15) is 0 Å². The fraction of sp³-hybridized carbons (Fsp3) is 0.500. The molecule has 0 aliphatic rings. The molecule has 0 amide bonds. The highest BCUT2D eigenvalue weighted by molar-refractivity contribution is 5.42. The molecule has 1 aromatic rings. The Balaban J connectivity index is 2.92. The molecular formula is C12H19NO2. The van der Waals surface area contributed by atoms with Crippen molar-refractivity contribution in [2.75, 3.05) is 20.7 Å². The standard InChI is InChI=1S/C12H19NO2/c1-4-9(8-13-2)10-5-6-11(14)12(7-10)15-3/h5-7,9,13-14H,4,8H2,1-3H3. The summed E-state index contributed by atoms with van der Waals surface area (Å²) in [6.07, 6.45) is 1.06. The molecule has 1 atom stereocenters. The highest BCUT2D eigenvalue weighted by Gasteiger charge is 2.10. The molecule has 0 bridgehead atoms. The summed E-state index contributed by atoms with van der Waals surface area (Å²) in [5.74, 6) is 1.20. The van der Waals surface area contributed by atoms with E-state index in [4.69, 9.17) is 4.74 Å². The number of nitrogens with one attached hydrogen (secondary N) is 1. The van der Waals surface area contributed by atoms with E-state index < -0.39 is 0 Å². The first-order valence-corrected chi connectivity index (χ1v) is 5.24. The third kappa shape index (κ3) is 2.86. The van der Waals surface area contributed by atoms with Crippen LogP contribution in [0, 0.1) is 0 Å². The van der Waals surface area contributed by atoms with Gasteiger partial charge in [0.05, 0.1) is 7.11 Å². The van der Waals surface area contributed by atoms with Crippen molar-refractivity contribution >= 4 is 0 Å². The third-order valence-corrected chi connectivity index (χ3v) is 2.62. The van der Waals surface area contributed by atoms with Gasteiger partial charge in [-0.2, -0.15) is 0 Å². The van der Waals surface area contributed by atoms with Crippen LogP contribution in [0.1, 0.15) is 24.8 Å². The molecule has 0 saturated heterocycles. The van der Waals surface area contributed by atoms with Crippen molar-refractivity contribution in [1.29, 1.82) is 0 Å². The molecule has 0 aliphatic heterocycles. The van der Waals surface area contributed by atoms with Crippen LogP contribution in [-0.2, 0) is 0 Å². The Morgan fingerprint density at radius 2 is 2.20 bits per heavy atom. The molecule has 1 rings (SSSR count). The average Bonchev–Trinajstić information content (AvgIpc) is 2.27. The molecule has 0 spiro atoms. The Bertz CT molecular complexity index is 312. The topological polar surface area (TPSA) is 41.5 Å². The van der Waals surface area contributed by atoms with E-state index >= 15 is 0 Å². The summed E-state index contributed by atoms with van der Waals surface area (Å²) in [5.41, 5.74) is 1.20.